The Hall–Kier alpha value is -1.95. The number of benzene rings is 1. The molecule has 5 nitrogen and oxygen atoms in total. The van der Waals surface area contributed by atoms with Crippen LogP contribution in [0.15, 0.2) is 24.3 Å². The molecule has 0 radical (unpaired) electrons. The fourth-order valence-electron chi connectivity index (χ4n) is 4.93. The molecule has 2 aliphatic heterocycles. The third kappa shape index (κ3) is 4.22. The molecule has 0 aromatic heterocycles. The van der Waals surface area contributed by atoms with Gasteiger partial charge in [0.2, 0.25) is 5.91 Å². The molecule has 1 atom stereocenters. The van der Waals surface area contributed by atoms with Crippen LogP contribution in [0, 0.1) is 11.7 Å². The Labute approximate surface area is 166 Å². The Kier molecular flexibility index (Phi) is 5.95. The zero-order valence-corrected chi connectivity index (χ0v) is 16.5. The van der Waals surface area contributed by atoms with Crippen molar-refractivity contribution in [1.29, 1.82) is 0 Å². The van der Waals surface area contributed by atoms with E-state index in [-0.39, 0.29) is 23.5 Å². The summed E-state index contributed by atoms with van der Waals surface area (Å²) >= 11 is 0. The highest BCUT2D eigenvalue weighted by Crippen LogP contribution is 2.28. The number of hydrogen-bond donors (Lipinski definition) is 0. The number of likely N-dealkylation sites (tertiary alicyclic amines) is 1. The lowest BCUT2D eigenvalue weighted by Crippen LogP contribution is -2.52. The standard InChI is InChI=1S/C22H30FN3O2/c23-19-8-6-17(7-9-19)21(27)24-12-14-25(15-13-24)22(28)18-10-11-26(16-18)20-4-2-1-3-5-20/h6-9,18,20H,1-5,10-16H2/t18-/m0/s1. The smallest absolute Gasteiger partial charge is 0.253 e. The van der Waals surface area contributed by atoms with Gasteiger partial charge in [-0.3, -0.25) is 14.5 Å². The zero-order chi connectivity index (χ0) is 19.5. The SMILES string of the molecule is O=C(c1ccc(F)cc1)N1CCN(C(=O)[C@H]2CCN(C3CCCCC3)C2)CC1. The molecule has 1 aromatic carbocycles. The summed E-state index contributed by atoms with van der Waals surface area (Å²) in [6.07, 6.45) is 7.53. The second kappa shape index (κ2) is 8.60. The normalized spacial score (nSPS) is 24.5. The maximum atomic E-state index is 13.1. The van der Waals surface area contributed by atoms with Gasteiger partial charge in [0, 0.05) is 44.3 Å². The van der Waals surface area contributed by atoms with Gasteiger partial charge in [0.25, 0.3) is 5.91 Å². The number of piperazine rings is 1. The quantitative estimate of drug-likeness (QED) is 0.801. The van der Waals surface area contributed by atoms with Gasteiger partial charge in [-0.15, -0.1) is 0 Å². The molecule has 0 bridgehead atoms. The van der Waals surface area contributed by atoms with Gasteiger partial charge in [0.05, 0.1) is 5.92 Å². The fraction of sp³-hybridized carbons (Fsp3) is 0.636. The molecular formula is C22H30FN3O2. The van der Waals surface area contributed by atoms with Crippen LogP contribution in [0.5, 0.6) is 0 Å². The molecule has 0 unspecified atom stereocenters. The summed E-state index contributed by atoms with van der Waals surface area (Å²) < 4.78 is 13.1. The van der Waals surface area contributed by atoms with Crippen molar-refractivity contribution in [3.8, 4) is 0 Å². The van der Waals surface area contributed by atoms with Crippen LogP contribution >= 0.6 is 0 Å². The van der Waals surface area contributed by atoms with Crippen LogP contribution in [0.3, 0.4) is 0 Å². The number of carbonyl (C=O) groups is 2. The molecular weight excluding hydrogens is 357 g/mol. The lowest BCUT2D eigenvalue weighted by atomic mass is 9.94. The van der Waals surface area contributed by atoms with Crippen molar-refractivity contribution in [2.24, 2.45) is 5.92 Å². The van der Waals surface area contributed by atoms with Gasteiger partial charge in [-0.1, -0.05) is 19.3 Å². The maximum absolute atomic E-state index is 13.1. The van der Waals surface area contributed by atoms with Crippen molar-refractivity contribution in [2.45, 2.75) is 44.6 Å². The van der Waals surface area contributed by atoms with Crippen LogP contribution in [0.1, 0.15) is 48.9 Å². The van der Waals surface area contributed by atoms with E-state index < -0.39 is 0 Å². The monoisotopic (exact) mass is 387 g/mol. The summed E-state index contributed by atoms with van der Waals surface area (Å²) in [6, 6.07) is 6.34. The summed E-state index contributed by atoms with van der Waals surface area (Å²) in [7, 11) is 0. The van der Waals surface area contributed by atoms with Crippen LogP contribution in [0.4, 0.5) is 4.39 Å². The second-order valence-electron chi connectivity index (χ2n) is 8.40. The third-order valence-corrected chi connectivity index (χ3v) is 6.63. The minimum atomic E-state index is -0.342. The van der Waals surface area contributed by atoms with E-state index in [9.17, 15) is 14.0 Å². The Bertz CT molecular complexity index is 694. The lowest BCUT2D eigenvalue weighted by molar-refractivity contribution is -0.136. The minimum Gasteiger partial charge on any atom is -0.339 e. The van der Waals surface area contributed by atoms with Gasteiger partial charge in [-0.05, 0) is 50.1 Å². The van der Waals surface area contributed by atoms with E-state index in [0.29, 0.717) is 37.8 Å². The zero-order valence-electron chi connectivity index (χ0n) is 16.5. The molecule has 3 aliphatic rings. The van der Waals surface area contributed by atoms with Gasteiger partial charge >= 0.3 is 0 Å². The van der Waals surface area contributed by atoms with Crippen molar-refractivity contribution >= 4 is 11.8 Å². The number of rotatable bonds is 3. The van der Waals surface area contributed by atoms with Gasteiger partial charge in [-0.25, -0.2) is 4.39 Å². The van der Waals surface area contributed by atoms with E-state index in [1.165, 1.54) is 56.4 Å². The third-order valence-electron chi connectivity index (χ3n) is 6.63. The molecule has 1 saturated carbocycles. The van der Waals surface area contributed by atoms with Gasteiger partial charge < -0.3 is 9.80 Å². The summed E-state index contributed by atoms with van der Waals surface area (Å²) in [4.78, 5) is 31.8. The van der Waals surface area contributed by atoms with E-state index in [1.807, 2.05) is 4.90 Å². The Morgan fingerprint density at radius 1 is 0.821 bits per heavy atom. The highest BCUT2D eigenvalue weighted by Gasteiger charge is 2.36. The molecule has 2 amide bonds. The average Bonchev–Trinajstić information content (AvgIpc) is 3.24. The van der Waals surface area contributed by atoms with Crippen LogP contribution in [0.25, 0.3) is 0 Å². The predicted molar refractivity (Wildman–Crippen MR) is 105 cm³/mol. The molecule has 1 aliphatic carbocycles. The van der Waals surface area contributed by atoms with Crippen LogP contribution < -0.4 is 0 Å². The molecule has 2 heterocycles. The van der Waals surface area contributed by atoms with Crippen molar-refractivity contribution in [2.75, 3.05) is 39.3 Å². The Morgan fingerprint density at radius 2 is 1.46 bits per heavy atom. The molecule has 1 aromatic rings. The average molecular weight is 387 g/mol. The molecule has 4 rings (SSSR count). The number of carbonyl (C=O) groups excluding carboxylic acids is 2. The number of hydrogen-bond acceptors (Lipinski definition) is 3. The Morgan fingerprint density at radius 3 is 2.14 bits per heavy atom. The number of amides is 2. The van der Waals surface area contributed by atoms with E-state index in [0.717, 1.165) is 19.5 Å². The van der Waals surface area contributed by atoms with E-state index in [2.05, 4.69) is 4.90 Å². The largest absolute Gasteiger partial charge is 0.339 e. The molecule has 152 valence electrons. The number of nitrogens with zero attached hydrogens (tertiary/aromatic N) is 3. The summed E-state index contributed by atoms with van der Waals surface area (Å²) in [6.45, 7) is 4.21. The van der Waals surface area contributed by atoms with Gasteiger partial charge in [0.15, 0.2) is 0 Å². The van der Waals surface area contributed by atoms with Crippen LogP contribution in [-0.4, -0.2) is 71.8 Å². The molecule has 0 N–H and O–H groups in total. The first-order valence-corrected chi connectivity index (χ1v) is 10.7. The van der Waals surface area contributed by atoms with Crippen molar-refractivity contribution < 1.29 is 14.0 Å². The second-order valence-corrected chi connectivity index (χ2v) is 8.40. The minimum absolute atomic E-state index is 0.0866. The molecule has 3 fully saturated rings. The maximum Gasteiger partial charge on any atom is 0.253 e. The topological polar surface area (TPSA) is 43.9 Å². The van der Waals surface area contributed by atoms with Gasteiger partial charge in [0.1, 0.15) is 5.82 Å². The van der Waals surface area contributed by atoms with Crippen molar-refractivity contribution in [3.63, 3.8) is 0 Å². The fourth-order valence-corrected chi connectivity index (χ4v) is 4.93. The first-order chi connectivity index (χ1) is 13.6. The highest BCUT2D eigenvalue weighted by molar-refractivity contribution is 5.94. The van der Waals surface area contributed by atoms with E-state index in [4.69, 9.17) is 0 Å². The first kappa shape index (κ1) is 19.4. The van der Waals surface area contributed by atoms with Gasteiger partial charge in [-0.2, -0.15) is 0 Å². The predicted octanol–water partition coefficient (Wildman–Crippen LogP) is 2.76. The summed E-state index contributed by atoms with van der Waals surface area (Å²) in [5.74, 6) is -0.0595. The summed E-state index contributed by atoms with van der Waals surface area (Å²) in [5, 5.41) is 0. The Balaban J connectivity index is 1.27. The van der Waals surface area contributed by atoms with E-state index in [1.54, 1.807) is 4.90 Å². The highest BCUT2D eigenvalue weighted by atomic mass is 19.1. The first-order valence-electron chi connectivity index (χ1n) is 10.7. The number of halogens is 1. The lowest BCUT2D eigenvalue weighted by Gasteiger charge is -2.36. The van der Waals surface area contributed by atoms with Crippen LogP contribution in [-0.2, 0) is 4.79 Å². The molecule has 0 spiro atoms. The van der Waals surface area contributed by atoms with Crippen molar-refractivity contribution in [3.05, 3.63) is 35.6 Å². The van der Waals surface area contributed by atoms with E-state index >= 15 is 0 Å². The molecule has 2 saturated heterocycles. The molecule has 28 heavy (non-hydrogen) atoms. The van der Waals surface area contributed by atoms with Crippen LogP contribution in [0.2, 0.25) is 0 Å². The summed E-state index contributed by atoms with van der Waals surface area (Å²) in [5.41, 5.74) is 0.500. The van der Waals surface area contributed by atoms with Crippen molar-refractivity contribution in [1.82, 2.24) is 14.7 Å². The molecule has 6 heteroatoms.